The van der Waals surface area contributed by atoms with Crippen molar-refractivity contribution in [1.29, 1.82) is 0 Å². The molecule has 1 rings (SSSR count). The van der Waals surface area contributed by atoms with Gasteiger partial charge < -0.3 is 18.9 Å². The Morgan fingerprint density at radius 1 is 1.18 bits per heavy atom. The Hall–Kier alpha value is -0.705. The molecular formula is C16H26BO4P. The highest BCUT2D eigenvalue weighted by atomic mass is 31.2. The lowest BCUT2D eigenvalue weighted by molar-refractivity contribution is -0.0107. The van der Waals surface area contributed by atoms with Gasteiger partial charge in [-0.05, 0) is 10.8 Å². The van der Waals surface area contributed by atoms with Crippen LogP contribution >= 0.6 is 8.38 Å². The highest BCUT2D eigenvalue weighted by Gasteiger charge is 2.20. The Morgan fingerprint density at radius 2 is 1.77 bits per heavy atom. The number of ether oxygens (including phenoxy) is 2. The van der Waals surface area contributed by atoms with E-state index in [1.54, 1.807) is 20.3 Å². The van der Waals surface area contributed by atoms with E-state index in [1.165, 1.54) is 7.11 Å². The fourth-order valence-electron chi connectivity index (χ4n) is 1.84. The van der Waals surface area contributed by atoms with Gasteiger partial charge in [-0.3, -0.25) is 0 Å². The summed E-state index contributed by atoms with van der Waals surface area (Å²) in [5.74, 6) is 0. The van der Waals surface area contributed by atoms with Crippen molar-refractivity contribution in [2.75, 3.05) is 21.3 Å². The van der Waals surface area contributed by atoms with E-state index in [4.69, 9.17) is 21.8 Å². The monoisotopic (exact) mass is 324 g/mol. The van der Waals surface area contributed by atoms with Crippen LogP contribution in [0.1, 0.15) is 19.4 Å². The molecule has 0 heterocycles. The fraction of sp³-hybridized carbons (Fsp3) is 0.500. The molecule has 3 atom stereocenters. The highest BCUT2D eigenvalue weighted by Crippen LogP contribution is 2.38. The summed E-state index contributed by atoms with van der Waals surface area (Å²) in [5, 5.41) is 0.268. The summed E-state index contributed by atoms with van der Waals surface area (Å²) >= 11 is 0. The first-order chi connectivity index (χ1) is 10.6. The summed E-state index contributed by atoms with van der Waals surface area (Å²) in [5.41, 5.74) is 1.14. The van der Waals surface area contributed by atoms with Gasteiger partial charge in [-0.15, -0.1) is 0 Å². The molecule has 22 heavy (non-hydrogen) atoms. The van der Waals surface area contributed by atoms with E-state index in [2.05, 4.69) is 0 Å². The molecule has 2 unspecified atom stereocenters. The zero-order valence-electron chi connectivity index (χ0n) is 14.0. The summed E-state index contributed by atoms with van der Waals surface area (Å²) < 4.78 is 15.7. The van der Waals surface area contributed by atoms with Crippen molar-refractivity contribution in [2.45, 2.75) is 32.5 Å². The minimum Gasteiger partial charge on any atom is -0.378 e. The normalized spacial score (nSPS) is 15.5. The quantitative estimate of drug-likeness (QED) is 0.589. The number of benzene rings is 1. The average molecular weight is 324 g/mol. The summed E-state index contributed by atoms with van der Waals surface area (Å²) in [6.45, 7) is 4.00. The van der Waals surface area contributed by atoms with Gasteiger partial charge >= 0.3 is 0 Å². The molecule has 0 spiro atoms. The molecule has 2 radical (unpaired) electrons. The van der Waals surface area contributed by atoms with Crippen LogP contribution in [-0.4, -0.2) is 46.3 Å². The first-order valence-electron chi connectivity index (χ1n) is 7.22. The van der Waals surface area contributed by atoms with Gasteiger partial charge in [0.1, 0.15) is 14.0 Å². The molecule has 0 saturated carbocycles. The van der Waals surface area contributed by atoms with E-state index >= 15 is 0 Å². The van der Waals surface area contributed by atoms with Gasteiger partial charge in [0, 0.05) is 27.8 Å². The first-order valence-corrected chi connectivity index (χ1v) is 8.43. The molecular weight excluding hydrogens is 298 g/mol. The topological polar surface area (TPSA) is 47.9 Å². The van der Waals surface area contributed by atoms with Crippen molar-refractivity contribution in [3.8, 4) is 0 Å². The molecule has 1 aromatic rings. The lowest BCUT2D eigenvalue weighted by Crippen LogP contribution is -2.30. The van der Waals surface area contributed by atoms with Crippen molar-refractivity contribution >= 4 is 16.2 Å². The summed E-state index contributed by atoms with van der Waals surface area (Å²) in [7, 11) is 8.62. The molecule has 0 aromatic heterocycles. The predicted molar refractivity (Wildman–Crippen MR) is 93.1 cm³/mol. The Morgan fingerprint density at radius 3 is 2.23 bits per heavy atom. The maximum atomic E-state index is 9.57. The predicted octanol–water partition coefficient (Wildman–Crippen LogP) is 3.25. The van der Waals surface area contributed by atoms with E-state index in [-0.39, 0.29) is 17.4 Å². The van der Waals surface area contributed by atoms with Gasteiger partial charge in [-0.1, -0.05) is 50.3 Å². The van der Waals surface area contributed by atoms with E-state index in [9.17, 15) is 4.89 Å². The summed E-state index contributed by atoms with van der Waals surface area (Å²) in [6.07, 6.45) is 1.79. The largest absolute Gasteiger partial charge is 0.378 e. The van der Waals surface area contributed by atoms with Gasteiger partial charge in [-0.2, -0.15) is 0 Å². The second kappa shape index (κ2) is 12.8. The zero-order chi connectivity index (χ0) is 17.0. The Labute approximate surface area is 136 Å². The van der Waals surface area contributed by atoms with Gasteiger partial charge in [0.15, 0.2) is 8.38 Å². The Bertz CT molecular complexity index is 414. The van der Waals surface area contributed by atoms with Gasteiger partial charge in [0.05, 0.1) is 6.10 Å². The van der Waals surface area contributed by atoms with Gasteiger partial charge in [-0.25, -0.2) is 0 Å². The van der Waals surface area contributed by atoms with E-state index < -0.39 is 8.38 Å². The second-order valence-electron chi connectivity index (χ2n) is 4.21. The van der Waals surface area contributed by atoms with Crippen LogP contribution in [0.2, 0.25) is 0 Å². The van der Waals surface area contributed by atoms with Crippen LogP contribution < -0.4 is 0 Å². The summed E-state index contributed by atoms with van der Waals surface area (Å²) in [6, 6.07) is 9.98. The van der Waals surface area contributed by atoms with Gasteiger partial charge in [0.2, 0.25) is 0 Å². The third-order valence-electron chi connectivity index (χ3n) is 2.95. The Balaban J connectivity index is 0.00000211. The molecule has 1 N–H and O–H groups in total. The minimum atomic E-state index is -1.76. The lowest BCUT2D eigenvalue weighted by Gasteiger charge is -2.24. The average Bonchev–Trinajstić information content (AvgIpc) is 2.59. The first kappa shape index (κ1) is 21.3. The minimum absolute atomic E-state index is 0.193. The van der Waals surface area contributed by atoms with E-state index in [1.807, 2.05) is 44.2 Å². The van der Waals surface area contributed by atoms with Gasteiger partial charge in [0.25, 0.3) is 0 Å². The fourth-order valence-corrected chi connectivity index (χ4v) is 2.33. The maximum Gasteiger partial charge on any atom is 0.186 e. The molecule has 122 valence electrons. The van der Waals surface area contributed by atoms with E-state index in [0.717, 1.165) is 5.56 Å². The van der Waals surface area contributed by atoms with Crippen LogP contribution in [0.3, 0.4) is 0 Å². The number of hydrogen-bond acceptors (Lipinski definition) is 4. The number of hydrogen-bond donors (Lipinski definition) is 1. The molecule has 0 aliphatic carbocycles. The SMILES string of the molecule is CC.[B]/C(=C\C(OC)[C@H](Cc1ccccc1)OC)P(O)OC. The molecule has 0 saturated heterocycles. The molecule has 0 bridgehead atoms. The third-order valence-corrected chi connectivity index (χ3v) is 3.89. The van der Waals surface area contributed by atoms with Crippen molar-refractivity contribution in [2.24, 2.45) is 0 Å². The molecule has 4 nitrogen and oxygen atoms in total. The standard InChI is InChI=1S/C14H20BO4P.C2H6/c1-17-12(9-11-7-5-4-6-8-11)13(18-2)10-14(15)20(16)19-3;1-2/h4-8,10,12-13,16H,9H2,1-3H3;1-2H3/b14-10+;/t12-,13?,20?;/m0./s1. The smallest absolute Gasteiger partial charge is 0.186 e. The lowest BCUT2D eigenvalue weighted by atomic mass is 10.0. The summed E-state index contributed by atoms with van der Waals surface area (Å²) in [4.78, 5) is 9.57. The maximum absolute atomic E-state index is 9.57. The third kappa shape index (κ3) is 7.53. The molecule has 0 amide bonds. The van der Waals surface area contributed by atoms with Crippen LogP contribution in [0.15, 0.2) is 41.6 Å². The molecule has 6 heteroatoms. The van der Waals surface area contributed by atoms with Crippen LogP contribution in [0.4, 0.5) is 0 Å². The second-order valence-corrected chi connectivity index (χ2v) is 5.64. The number of methoxy groups -OCH3 is 2. The van der Waals surface area contributed by atoms with Crippen LogP contribution in [0.5, 0.6) is 0 Å². The Kier molecular flexibility index (Phi) is 12.4. The molecule has 0 fully saturated rings. The highest BCUT2D eigenvalue weighted by molar-refractivity contribution is 7.53. The van der Waals surface area contributed by atoms with E-state index in [0.29, 0.717) is 6.42 Å². The van der Waals surface area contributed by atoms with Crippen LogP contribution in [0, 0.1) is 0 Å². The van der Waals surface area contributed by atoms with Crippen LogP contribution in [-0.2, 0) is 20.4 Å². The van der Waals surface area contributed by atoms with Crippen molar-refractivity contribution in [3.63, 3.8) is 0 Å². The molecule has 0 aliphatic heterocycles. The number of rotatable bonds is 8. The molecule has 1 aromatic carbocycles. The van der Waals surface area contributed by atoms with Crippen molar-refractivity contribution in [1.82, 2.24) is 0 Å². The zero-order valence-corrected chi connectivity index (χ0v) is 14.9. The molecule has 0 aliphatic rings. The van der Waals surface area contributed by atoms with Crippen LogP contribution in [0.25, 0.3) is 0 Å². The van der Waals surface area contributed by atoms with Crippen molar-refractivity contribution in [3.05, 3.63) is 47.2 Å². The van der Waals surface area contributed by atoms with Crippen molar-refractivity contribution < 1.29 is 18.9 Å².